The highest BCUT2D eigenvalue weighted by Crippen LogP contribution is 2.50. The molecule has 0 aromatic rings. The van der Waals surface area contributed by atoms with E-state index < -0.39 is 11.2 Å². The average Bonchev–Trinajstić information content (AvgIpc) is 3.09. The minimum atomic E-state index is -0.699. The minimum absolute atomic E-state index is 0.0685. The zero-order valence-electron chi connectivity index (χ0n) is 17.4. The number of carbonyl (C=O) groups excluding carboxylic acids is 2. The van der Waals surface area contributed by atoms with Gasteiger partial charge in [-0.15, -0.1) is 0 Å². The molecule has 0 aromatic carbocycles. The molecule has 0 N–H and O–H groups in total. The zero-order chi connectivity index (χ0) is 20.3. The topological polar surface area (TPSA) is 74.4 Å². The third-order valence-corrected chi connectivity index (χ3v) is 7.49. The SMILES string of the molecule is C=C1C(=O)O[C@]2(C)CC[C@@H]1C[C@@H]1O[C@@]1(C)CC[C@H](OC(C)=O)[C@@]1(C)CC[C@@H]2O1. The molecule has 4 aliphatic rings. The highest BCUT2D eigenvalue weighted by molar-refractivity contribution is 5.89. The molecule has 4 fully saturated rings. The standard InChI is InChI=1S/C22H32O6/c1-13-15-6-9-21(4,28-19(13)24)17-8-11-20(3,26-17)16(25-14(2)23)7-10-22(5)18(12-15)27-22/h15-18H,1,6-12H2,2-5H3/t15-,16+,17+,18+,20-,21-,22+/m1/s1. The summed E-state index contributed by atoms with van der Waals surface area (Å²) >= 11 is 0. The Bertz CT molecular complexity index is 703. The van der Waals surface area contributed by atoms with Crippen molar-refractivity contribution in [2.24, 2.45) is 5.92 Å². The molecular formula is C22H32O6. The van der Waals surface area contributed by atoms with Crippen molar-refractivity contribution in [3.8, 4) is 0 Å². The molecule has 4 bridgehead atoms. The smallest absolute Gasteiger partial charge is 0.334 e. The number of hydrogen-bond donors (Lipinski definition) is 0. The predicted octanol–water partition coefficient (Wildman–Crippen LogP) is 3.47. The number of esters is 2. The molecule has 4 heterocycles. The van der Waals surface area contributed by atoms with Crippen LogP contribution in [0.4, 0.5) is 0 Å². The third-order valence-electron chi connectivity index (χ3n) is 7.49. The molecule has 4 rings (SSSR count). The van der Waals surface area contributed by atoms with E-state index in [1.54, 1.807) is 0 Å². The largest absolute Gasteiger partial charge is 0.459 e. The van der Waals surface area contributed by atoms with E-state index >= 15 is 0 Å². The van der Waals surface area contributed by atoms with Gasteiger partial charge in [0.05, 0.1) is 17.8 Å². The molecule has 28 heavy (non-hydrogen) atoms. The summed E-state index contributed by atoms with van der Waals surface area (Å²) in [4.78, 5) is 24.5. The van der Waals surface area contributed by atoms with Crippen molar-refractivity contribution in [1.29, 1.82) is 0 Å². The normalized spacial score (nSPS) is 48.4. The van der Waals surface area contributed by atoms with Crippen LogP contribution in [0.2, 0.25) is 0 Å². The van der Waals surface area contributed by atoms with Crippen LogP contribution < -0.4 is 0 Å². The first-order valence-corrected chi connectivity index (χ1v) is 10.5. The van der Waals surface area contributed by atoms with Gasteiger partial charge in [-0.1, -0.05) is 6.58 Å². The minimum Gasteiger partial charge on any atom is -0.459 e. The lowest BCUT2D eigenvalue weighted by molar-refractivity contribution is -0.195. The maximum Gasteiger partial charge on any atom is 0.334 e. The molecule has 0 spiro atoms. The summed E-state index contributed by atoms with van der Waals surface area (Å²) in [6.07, 6.45) is 4.89. The molecule has 6 heteroatoms. The van der Waals surface area contributed by atoms with Crippen LogP contribution in [0.3, 0.4) is 0 Å². The van der Waals surface area contributed by atoms with Gasteiger partial charge in [-0.05, 0) is 71.6 Å². The summed E-state index contributed by atoms with van der Waals surface area (Å²) in [7, 11) is 0. The fourth-order valence-corrected chi connectivity index (χ4v) is 5.32. The lowest BCUT2D eigenvalue weighted by atomic mass is 9.82. The van der Waals surface area contributed by atoms with Gasteiger partial charge in [-0.2, -0.15) is 0 Å². The van der Waals surface area contributed by atoms with Gasteiger partial charge in [0.2, 0.25) is 0 Å². The van der Waals surface area contributed by atoms with E-state index in [1.807, 2.05) is 13.8 Å². The van der Waals surface area contributed by atoms with Crippen LogP contribution in [0, 0.1) is 5.92 Å². The van der Waals surface area contributed by atoms with Crippen molar-refractivity contribution in [2.45, 2.75) is 108 Å². The Hall–Kier alpha value is -1.40. The molecule has 7 atom stereocenters. The number of ether oxygens (including phenoxy) is 4. The van der Waals surface area contributed by atoms with Gasteiger partial charge in [-0.3, -0.25) is 4.79 Å². The van der Waals surface area contributed by atoms with Crippen molar-refractivity contribution in [3.05, 3.63) is 12.2 Å². The molecule has 4 saturated heterocycles. The predicted molar refractivity (Wildman–Crippen MR) is 102 cm³/mol. The van der Waals surface area contributed by atoms with Gasteiger partial charge < -0.3 is 18.9 Å². The Balaban J connectivity index is 1.67. The van der Waals surface area contributed by atoms with Crippen LogP contribution in [0.25, 0.3) is 0 Å². The highest BCUT2D eigenvalue weighted by Gasteiger charge is 2.57. The molecule has 0 radical (unpaired) electrons. The molecule has 0 unspecified atom stereocenters. The van der Waals surface area contributed by atoms with Gasteiger partial charge in [-0.25, -0.2) is 4.79 Å². The highest BCUT2D eigenvalue weighted by atomic mass is 16.6. The van der Waals surface area contributed by atoms with Crippen LogP contribution in [0.15, 0.2) is 12.2 Å². The zero-order valence-corrected chi connectivity index (χ0v) is 17.4. The van der Waals surface area contributed by atoms with Crippen molar-refractivity contribution in [3.63, 3.8) is 0 Å². The molecule has 0 aliphatic carbocycles. The van der Waals surface area contributed by atoms with Crippen molar-refractivity contribution >= 4 is 11.9 Å². The van der Waals surface area contributed by atoms with E-state index in [0.717, 1.165) is 38.5 Å². The van der Waals surface area contributed by atoms with Crippen LogP contribution in [0.5, 0.6) is 0 Å². The molecule has 156 valence electrons. The Labute approximate surface area is 166 Å². The summed E-state index contributed by atoms with van der Waals surface area (Å²) in [5, 5.41) is 0. The Morgan fingerprint density at radius 1 is 1.00 bits per heavy atom. The van der Waals surface area contributed by atoms with E-state index in [4.69, 9.17) is 18.9 Å². The first kappa shape index (κ1) is 19.9. The number of rotatable bonds is 1. The molecule has 0 saturated carbocycles. The number of fused-ring (bicyclic) bond motifs is 7. The number of epoxide rings is 1. The van der Waals surface area contributed by atoms with Crippen LogP contribution in [-0.4, -0.2) is 47.1 Å². The first-order chi connectivity index (χ1) is 13.0. The second kappa shape index (κ2) is 6.56. The van der Waals surface area contributed by atoms with E-state index in [-0.39, 0.29) is 41.8 Å². The monoisotopic (exact) mass is 392 g/mol. The van der Waals surface area contributed by atoms with E-state index in [1.165, 1.54) is 6.92 Å². The molecular weight excluding hydrogens is 360 g/mol. The first-order valence-electron chi connectivity index (χ1n) is 10.5. The summed E-state index contributed by atoms with van der Waals surface area (Å²) in [5.41, 5.74) is -0.990. The second-order valence-corrected chi connectivity index (χ2v) is 9.71. The summed E-state index contributed by atoms with van der Waals surface area (Å²) < 4.78 is 24.2. The Kier molecular flexibility index (Phi) is 4.66. The Morgan fingerprint density at radius 3 is 2.36 bits per heavy atom. The van der Waals surface area contributed by atoms with Gasteiger partial charge in [0.15, 0.2) is 0 Å². The third kappa shape index (κ3) is 3.39. The Morgan fingerprint density at radius 2 is 1.64 bits per heavy atom. The summed E-state index contributed by atoms with van der Waals surface area (Å²) in [6, 6.07) is 0. The van der Waals surface area contributed by atoms with Crippen molar-refractivity contribution < 1.29 is 28.5 Å². The quantitative estimate of drug-likeness (QED) is 0.386. The summed E-state index contributed by atoms with van der Waals surface area (Å²) in [6.45, 7) is 11.6. The molecule has 6 nitrogen and oxygen atoms in total. The van der Waals surface area contributed by atoms with Gasteiger partial charge >= 0.3 is 11.9 Å². The van der Waals surface area contributed by atoms with Crippen molar-refractivity contribution in [1.82, 2.24) is 0 Å². The van der Waals surface area contributed by atoms with Crippen LogP contribution in [-0.2, 0) is 28.5 Å². The molecule has 4 aliphatic heterocycles. The lowest BCUT2D eigenvalue weighted by Gasteiger charge is -2.38. The summed E-state index contributed by atoms with van der Waals surface area (Å²) in [5.74, 6) is -0.551. The fraction of sp³-hybridized carbons (Fsp3) is 0.818. The average molecular weight is 392 g/mol. The van der Waals surface area contributed by atoms with E-state index in [2.05, 4.69) is 13.5 Å². The van der Waals surface area contributed by atoms with Gasteiger partial charge in [0, 0.05) is 12.5 Å². The van der Waals surface area contributed by atoms with Crippen LogP contribution in [0.1, 0.15) is 72.6 Å². The lowest BCUT2D eigenvalue weighted by Crippen LogP contribution is -2.48. The van der Waals surface area contributed by atoms with Crippen molar-refractivity contribution in [2.75, 3.05) is 0 Å². The number of hydrogen-bond acceptors (Lipinski definition) is 6. The van der Waals surface area contributed by atoms with E-state index in [0.29, 0.717) is 12.0 Å². The van der Waals surface area contributed by atoms with Gasteiger partial charge in [0.25, 0.3) is 0 Å². The molecule has 0 amide bonds. The second-order valence-electron chi connectivity index (χ2n) is 9.71. The fourth-order valence-electron chi connectivity index (χ4n) is 5.32. The maximum atomic E-state index is 12.7. The van der Waals surface area contributed by atoms with Crippen LogP contribution >= 0.6 is 0 Å². The maximum absolute atomic E-state index is 12.7. The molecule has 0 aromatic heterocycles. The van der Waals surface area contributed by atoms with Gasteiger partial charge in [0.1, 0.15) is 17.3 Å². The van der Waals surface area contributed by atoms with E-state index in [9.17, 15) is 9.59 Å². The number of carbonyl (C=O) groups is 2.